The van der Waals surface area contributed by atoms with Gasteiger partial charge in [-0.15, -0.1) is 0 Å². The van der Waals surface area contributed by atoms with E-state index in [0.717, 1.165) is 11.1 Å². The molecule has 1 aromatic heterocycles. The van der Waals surface area contributed by atoms with E-state index in [-0.39, 0.29) is 16.4 Å². The summed E-state index contributed by atoms with van der Waals surface area (Å²) in [6, 6.07) is 21.0. The number of aryl methyl sites for hydroxylation is 2. The maximum absolute atomic E-state index is 12.7. The van der Waals surface area contributed by atoms with Crippen molar-refractivity contribution < 1.29 is 0 Å². The highest BCUT2D eigenvalue weighted by atomic mass is 35.5. The van der Waals surface area contributed by atoms with Crippen molar-refractivity contribution in [2.24, 2.45) is 0 Å². The predicted octanol–water partition coefficient (Wildman–Crippen LogP) is 3.15. The second-order valence-electron chi connectivity index (χ2n) is 5.86. The van der Waals surface area contributed by atoms with Crippen molar-refractivity contribution in [3.63, 3.8) is 0 Å². The average Bonchev–Trinajstić information content (AvgIpc) is 2.63. The fourth-order valence-electron chi connectivity index (χ4n) is 2.77. The van der Waals surface area contributed by atoms with Gasteiger partial charge in [0.05, 0.1) is 0 Å². The van der Waals surface area contributed by atoms with Crippen LogP contribution in [0.15, 0.2) is 76.3 Å². The summed E-state index contributed by atoms with van der Waals surface area (Å²) in [5, 5.41) is 0.182. The van der Waals surface area contributed by atoms with Gasteiger partial charge in [-0.25, -0.2) is 4.79 Å². The lowest BCUT2D eigenvalue weighted by atomic mass is 10.1. The molecule has 0 unspecified atom stereocenters. The van der Waals surface area contributed by atoms with Crippen molar-refractivity contribution in [1.82, 2.24) is 9.13 Å². The van der Waals surface area contributed by atoms with Crippen LogP contribution >= 0.6 is 11.6 Å². The van der Waals surface area contributed by atoms with E-state index < -0.39 is 0 Å². The molecule has 0 aliphatic heterocycles. The molecule has 0 atom stereocenters. The molecule has 2 aromatic carbocycles. The van der Waals surface area contributed by atoms with Crippen molar-refractivity contribution in [3.8, 4) is 0 Å². The average molecular weight is 355 g/mol. The lowest BCUT2D eigenvalue weighted by Crippen LogP contribution is -2.40. The van der Waals surface area contributed by atoms with E-state index in [1.165, 1.54) is 15.2 Å². The predicted molar refractivity (Wildman–Crippen MR) is 100 cm³/mol. The number of halogens is 1. The zero-order valence-electron chi connectivity index (χ0n) is 13.8. The van der Waals surface area contributed by atoms with Crippen LogP contribution in [0, 0.1) is 0 Å². The highest BCUT2D eigenvalue weighted by Gasteiger charge is 2.10. The lowest BCUT2D eigenvalue weighted by Gasteiger charge is -2.12. The van der Waals surface area contributed by atoms with E-state index in [9.17, 15) is 9.59 Å². The summed E-state index contributed by atoms with van der Waals surface area (Å²) >= 11 is 6.14. The fraction of sp³-hybridized carbons (Fsp3) is 0.200. The summed E-state index contributed by atoms with van der Waals surface area (Å²) in [7, 11) is 0. The van der Waals surface area contributed by atoms with E-state index in [1.54, 1.807) is 0 Å². The zero-order valence-corrected chi connectivity index (χ0v) is 14.5. The number of hydrogen-bond acceptors (Lipinski definition) is 2. The second-order valence-corrected chi connectivity index (χ2v) is 6.25. The Labute approximate surface area is 150 Å². The maximum atomic E-state index is 12.7. The monoisotopic (exact) mass is 354 g/mol. The van der Waals surface area contributed by atoms with Gasteiger partial charge in [0.25, 0.3) is 5.56 Å². The van der Waals surface area contributed by atoms with E-state index >= 15 is 0 Å². The molecule has 0 aliphatic rings. The largest absolute Gasteiger partial charge is 0.332 e. The molecule has 0 saturated carbocycles. The van der Waals surface area contributed by atoms with Gasteiger partial charge in [0.2, 0.25) is 0 Å². The van der Waals surface area contributed by atoms with Crippen molar-refractivity contribution >= 4 is 11.6 Å². The summed E-state index contributed by atoms with van der Waals surface area (Å²) in [5.74, 6) is 0. The minimum absolute atomic E-state index is 0.182. The first-order valence-corrected chi connectivity index (χ1v) is 8.61. The third-order valence-corrected chi connectivity index (χ3v) is 4.48. The van der Waals surface area contributed by atoms with Crippen molar-refractivity contribution in [1.29, 1.82) is 0 Å². The van der Waals surface area contributed by atoms with Gasteiger partial charge in [-0.3, -0.25) is 13.9 Å². The molecule has 3 rings (SSSR count). The summed E-state index contributed by atoms with van der Waals surface area (Å²) in [5.41, 5.74) is 1.48. The van der Waals surface area contributed by atoms with Crippen LogP contribution in [0.4, 0.5) is 0 Å². The molecule has 0 N–H and O–H groups in total. The van der Waals surface area contributed by atoms with Gasteiger partial charge >= 0.3 is 5.69 Å². The van der Waals surface area contributed by atoms with Crippen LogP contribution in [0.25, 0.3) is 0 Å². The van der Waals surface area contributed by atoms with Crippen LogP contribution in [0.1, 0.15) is 11.1 Å². The molecule has 25 heavy (non-hydrogen) atoms. The van der Waals surface area contributed by atoms with Crippen LogP contribution in [-0.4, -0.2) is 9.13 Å². The maximum Gasteiger partial charge on any atom is 0.332 e. The van der Waals surface area contributed by atoms with Crippen LogP contribution < -0.4 is 11.2 Å². The van der Waals surface area contributed by atoms with Crippen molar-refractivity contribution in [2.75, 3.05) is 0 Å². The molecule has 0 saturated heterocycles. The van der Waals surface area contributed by atoms with Gasteiger partial charge < -0.3 is 0 Å². The summed E-state index contributed by atoms with van der Waals surface area (Å²) < 4.78 is 2.71. The van der Waals surface area contributed by atoms with E-state index in [0.29, 0.717) is 25.9 Å². The quantitative estimate of drug-likeness (QED) is 0.638. The minimum atomic E-state index is -0.359. The summed E-state index contributed by atoms with van der Waals surface area (Å²) in [6.45, 7) is 0.775. The molecule has 0 bridgehead atoms. The number of hydrogen-bond donors (Lipinski definition) is 0. The number of nitrogens with zero attached hydrogens (tertiary/aromatic N) is 2. The number of aromatic nitrogens is 2. The third-order valence-electron chi connectivity index (χ3n) is 4.16. The third kappa shape index (κ3) is 4.28. The van der Waals surface area contributed by atoms with Crippen LogP contribution in [0.2, 0.25) is 5.15 Å². The Hall–Kier alpha value is -2.59. The minimum Gasteiger partial charge on any atom is -0.283 e. The highest BCUT2D eigenvalue weighted by molar-refractivity contribution is 6.29. The zero-order chi connectivity index (χ0) is 17.6. The Bertz CT molecular complexity index is 947. The van der Waals surface area contributed by atoms with Gasteiger partial charge in [0, 0.05) is 19.2 Å². The van der Waals surface area contributed by atoms with Crippen molar-refractivity contribution in [3.05, 3.63) is 104 Å². The van der Waals surface area contributed by atoms with Crippen LogP contribution in [-0.2, 0) is 25.9 Å². The first-order chi connectivity index (χ1) is 12.1. The molecule has 3 aromatic rings. The Morgan fingerprint density at radius 3 is 1.72 bits per heavy atom. The Balaban J connectivity index is 1.82. The fourth-order valence-corrected chi connectivity index (χ4v) is 3.02. The lowest BCUT2D eigenvalue weighted by molar-refractivity contribution is 0.551. The van der Waals surface area contributed by atoms with E-state index in [2.05, 4.69) is 0 Å². The molecular formula is C20H19ClN2O2. The number of benzene rings is 2. The van der Waals surface area contributed by atoms with Crippen LogP contribution in [0.5, 0.6) is 0 Å². The molecule has 1 heterocycles. The molecule has 0 spiro atoms. The topological polar surface area (TPSA) is 44.0 Å². The first-order valence-electron chi connectivity index (χ1n) is 8.23. The smallest absolute Gasteiger partial charge is 0.283 e. The SMILES string of the molecule is O=c1cc(Cl)n(CCc2ccccc2)c(=O)n1CCc1ccccc1. The van der Waals surface area contributed by atoms with Crippen molar-refractivity contribution in [2.45, 2.75) is 25.9 Å². The molecule has 0 fully saturated rings. The molecule has 128 valence electrons. The molecular weight excluding hydrogens is 336 g/mol. The van der Waals surface area contributed by atoms with Gasteiger partial charge in [-0.2, -0.15) is 0 Å². The van der Waals surface area contributed by atoms with Gasteiger partial charge in [0.1, 0.15) is 5.15 Å². The normalized spacial score (nSPS) is 10.8. The van der Waals surface area contributed by atoms with Gasteiger partial charge in [-0.05, 0) is 24.0 Å². The van der Waals surface area contributed by atoms with Gasteiger partial charge in [-0.1, -0.05) is 72.3 Å². The Kier molecular flexibility index (Phi) is 5.51. The standard InChI is InChI=1S/C20H19ClN2O2/c21-18-15-19(24)23(14-12-17-9-5-2-6-10-17)20(25)22(18)13-11-16-7-3-1-4-8-16/h1-10,15H,11-14H2. The molecule has 5 heteroatoms. The molecule has 0 aliphatic carbocycles. The van der Waals surface area contributed by atoms with Gasteiger partial charge in [0.15, 0.2) is 0 Å². The molecule has 0 radical (unpaired) electrons. The molecule has 4 nitrogen and oxygen atoms in total. The Morgan fingerprint density at radius 1 is 0.720 bits per heavy atom. The number of rotatable bonds is 6. The summed E-state index contributed by atoms with van der Waals surface area (Å²) in [6.07, 6.45) is 1.30. The first kappa shape index (κ1) is 17.2. The van der Waals surface area contributed by atoms with Crippen LogP contribution in [0.3, 0.4) is 0 Å². The summed E-state index contributed by atoms with van der Waals surface area (Å²) in [4.78, 5) is 24.9. The van der Waals surface area contributed by atoms with E-state index in [4.69, 9.17) is 11.6 Å². The highest BCUT2D eigenvalue weighted by Crippen LogP contribution is 2.06. The molecule has 0 amide bonds. The second kappa shape index (κ2) is 7.99. The van der Waals surface area contributed by atoms with E-state index in [1.807, 2.05) is 60.7 Å². The Morgan fingerprint density at radius 2 is 1.20 bits per heavy atom.